The Bertz CT molecular complexity index is 864. The molecule has 0 aromatic heterocycles. The number of hydrogen-bond donors (Lipinski definition) is 0. The van der Waals surface area contributed by atoms with Gasteiger partial charge in [0.05, 0.1) is 38.7 Å². The predicted molar refractivity (Wildman–Crippen MR) is 112 cm³/mol. The lowest BCUT2D eigenvalue weighted by Crippen LogP contribution is -2.51. The van der Waals surface area contributed by atoms with Gasteiger partial charge < -0.3 is 19.1 Å². The normalized spacial score (nSPS) is 16.0. The van der Waals surface area contributed by atoms with Crippen LogP contribution < -0.4 is 13.8 Å². The number of likely N-dealkylation sites (tertiary alicyclic amines) is 1. The number of sulfonamides is 1. The summed E-state index contributed by atoms with van der Waals surface area (Å²) in [5, 5.41) is 0. The Morgan fingerprint density at radius 2 is 1.83 bits per heavy atom. The molecule has 0 radical (unpaired) electrons. The van der Waals surface area contributed by atoms with Crippen molar-refractivity contribution in [3.8, 4) is 11.5 Å². The molecule has 10 heteroatoms. The first-order chi connectivity index (χ1) is 14.1. The van der Waals surface area contributed by atoms with E-state index in [1.165, 1.54) is 20.3 Å². The van der Waals surface area contributed by atoms with Crippen molar-refractivity contribution in [1.82, 2.24) is 4.90 Å². The van der Waals surface area contributed by atoms with Crippen molar-refractivity contribution in [3.63, 3.8) is 0 Å². The molecule has 1 heterocycles. The molecule has 168 valence electrons. The van der Waals surface area contributed by atoms with Crippen molar-refractivity contribution in [2.75, 3.05) is 44.5 Å². The average Bonchev–Trinajstić information content (AvgIpc) is 2.72. The van der Waals surface area contributed by atoms with Gasteiger partial charge in [-0.3, -0.25) is 13.9 Å². The number of carbonyl (C=O) groups excluding carboxylic acids is 2. The fourth-order valence-corrected chi connectivity index (χ4v) is 4.77. The van der Waals surface area contributed by atoms with E-state index in [9.17, 15) is 18.0 Å². The maximum absolute atomic E-state index is 13.1. The first-order valence-corrected chi connectivity index (χ1v) is 11.7. The minimum absolute atomic E-state index is 0.224. The third-order valence-electron chi connectivity index (χ3n) is 5.12. The number of rotatable bonds is 8. The zero-order valence-corrected chi connectivity index (χ0v) is 18.9. The zero-order valence-electron chi connectivity index (χ0n) is 18.1. The van der Waals surface area contributed by atoms with Gasteiger partial charge in [-0.2, -0.15) is 0 Å². The maximum Gasteiger partial charge on any atom is 0.309 e. The molecule has 1 aromatic rings. The molecule has 0 saturated carbocycles. The summed E-state index contributed by atoms with van der Waals surface area (Å²) < 4.78 is 41.9. The average molecular weight is 443 g/mol. The minimum atomic E-state index is -3.81. The summed E-state index contributed by atoms with van der Waals surface area (Å²) in [5.74, 6) is -0.0887. The predicted octanol–water partition coefficient (Wildman–Crippen LogP) is 1.66. The van der Waals surface area contributed by atoms with Gasteiger partial charge >= 0.3 is 5.97 Å². The molecule has 1 atom stereocenters. The number of methoxy groups -OCH3 is 2. The van der Waals surface area contributed by atoms with Gasteiger partial charge in [-0.05, 0) is 38.8 Å². The number of anilines is 1. The van der Waals surface area contributed by atoms with E-state index in [-0.39, 0.29) is 23.5 Å². The Balaban J connectivity index is 2.26. The van der Waals surface area contributed by atoms with Crippen LogP contribution in [-0.2, 0) is 24.3 Å². The molecule has 0 N–H and O–H groups in total. The summed E-state index contributed by atoms with van der Waals surface area (Å²) >= 11 is 0. The van der Waals surface area contributed by atoms with Gasteiger partial charge in [0, 0.05) is 19.2 Å². The van der Waals surface area contributed by atoms with E-state index in [2.05, 4.69) is 0 Å². The summed E-state index contributed by atoms with van der Waals surface area (Å²) in [4.78, 5) is 26.7. The summed E-state index contributed by atoms with van der Waals surface area (Å²) in [6.07, 6.45) is 2.01. The second kappa shape index (κ2) is 10.0. The molecule has 9 nitrogen and oxygen atoms in total. The highest BCUT2D eigenvalue weighted by Gasteiger charge is 2.36. The van der Waals surface area contributed by atoms with Gasteiger partial charge in [-0.1, -0.05) is 0 Å². The van der Waals surface area contributed by atoms with Gasteiger partial charge in [0.2, 0.25) is 15.9 Å². The number of amides is 1. The Hall–Kier alpha value is -2.49. The van der Waals surface area contributed by atoms with E-state index in [4.69, 9.17) is 14.2 Å². The van der Waals surface area contributed by atoms with Crippen molar-refractivity contribution in [1.29, 1.82) is 0 Å². The minimum Gasteiger partial charge on any atom is -0.497 e. The molecule has 0 bridgehead atoms. The van der Waals surface area contributed by atoms with Crippen molar-refractivity contribution >= 4 is 27.6 Å². The van der Waals surface area contributed by atoms with Crippen LogP contribution in [0.3, 0.4) is 0 Å². The SMILES string of the molecule is CCOC(=O)C1CCN(C(=O)[C@H](C)N(c2cc(OC)ccc2OC)S(C)(=O)=O)CC1. The molecule has 1 saturated heterocycles. The van der Waals surface area contributed by atoms with Crippen LogP contribution in [0.1, 0.15) is 26.7 Å². The van der Waals surface area contributed by atoms with Gasteiger partial charge in [0.25, 0.3) is 0 Å². The first kappa shape index (κ1) is 23.8. The van der Waals surface area contributed by atoms with Crippen LogP contribution >= 0.6 is 0 Å². The number of piperidine rings is 1. The summed E-state index contributed by atoms with van der Waals surface area (Å²) in [5.41, 5.74) is 0.224. The van der Waals surface area contributed by atoms with Crippen molar-refractivity contribution < 1.29 is 32.2 Å². The summed E-state index contributed by atoms with van der Waals surface area (Å²) in [7, 11) is -0.914. The third kappa shape index (κ3) is 5.35. The second-order valence-electron chi connectivity index (χ2n) is 7.12. The van der Waals surface area contributed by atoms with Crippen LogP contribution in [0.25, 0.3) is 0 Å². The molecule has 30 heavy (non-hydrogen) atoms. The standard InChI is InChI=1S/C20H30N2O7S/c1-6-29-20(24)15-9-11-21(12-10-15)19(23)14(2)22(30(5,25)26)17-13-16(27-3)7-8-18(17)28-4/h7-8,13-15H,6,9-12H2,1-5H3/t14-/m0/s1. The monoisotopic (exact) mass is 442 g/mol. The highest BCUT2D eigenvalue weighted by atomic mass is 32.2. The molecule has 1 amide bonds. The topological polar surface area (TPSA) is 102 Å². The van der Waals surface area contributed by atoms with Crippen LogP contribution in [-0.4, -0.2) is 71.4 Å². The van der Waals surface area contributed by atoms with E-state index < -0.39 is 16.1 Å². The Kier molecular flexibility index (Phi) is 7.94. The zero-order chi connectivity index (χ0) is 22.5. The molecular formula is C20H30N2O7S. The van der Waals surface area contributed by atoms with Crippen LogP contribution in [0.2, 0.25) is 0 Å². The smallest absolute Gasteiger partial charge is 0.309 e. The van der Waals surface area contributed by atoms with Crippen LogP contribution in [0.5, 0.6) is 11.5 Å². The van der Waals surface area contributed by atoms with Crippen molar-refractivity contribution in [2.45, 2.75) is 32.7 Å². The molecule has 1 fully saturated rings. The van der Waals surface area contributed by atoms with Crippen LogP contribution in [0.4, 0.5) is 5.69 Å². The number of carbonyl (C=O) groups is 2. The molecule has 0 spiro atoms. The fraction of sp³-hybridized carbons (Fsp3) is 0.600. The van der Waals surface area contributed by atoms with Crippen molar-refractivity contribution in [2.24, 2.45) is 5.92 Å². The Morgan fingerprint density at radius 1 is 1.20 bits per heavy atom. The lowest BCUT2D eigenvalue weighted by Gasteiger charge is -2.36. The Morgan fingerprint density at radius 3 is 2.33 bits per heavy atom. The maximum atomic E-state index is 13.1. The van der Waals surface area contributed by atoms with E-state index >= 15 is 0 Å². The molecule has 0 unspecified atom stereocenters. The summed E-state index contributed by atoms with van der Waals surface area (Å²) in [6, 6.07) is 3.76. The Labute approximate surface area is 177 Å². The van der Waals surface area contributed by atoms with Gasteiger partial charge in [-0.15, -0.1) is 0 Å². The van der Waals surface area contributed by atoms with E-state index in [0.717, 1.165) is 10.6 Å². The molecule has 1 aliphatic heterocycles. The van der Waals surface area contributed by atoms with Crippen LogP contribution in [0.15, 0.2) is 18.2 Å². The molecule has 1 aliphatic rings. The van der Waals surface area contributed by atoms with Crippen LogP contribution in [0, 0.1) is 5.92 Å². The van der Waals surface area contributed by atoms with Gasteiger partial charge in [-0.25, -0.2) is 8.42 Å². The number of ether oxygens (including phenoxy) is 3. The third-order valence-corrected chi connectivity index (χ3v) is 6.34. The molecule has 2 rings (SSSR count). The van der Waals surface area contributed by atoms with E-state index in [0.29, 0.717) is 44.0 Å². The first-order valence-electron chi connectivity index (χ1n) is 9.80. The lowest BCUT2D eigenvalue weighted by atomic mass is 9.96. The second-order valence-corrected chi connectivity index (χ2v) is 8.98. The number of esters is 1. The lowest BCUT2D eigenvalue weighted by molar-refractivity contribution is -0.151. The fourth-order valence-electron chi connectivity index (χ4n) is 3.60. The largest absolute Gasteiger partial charge is 0.497 e. The van der Waals surface area contributed by atoms with E-state index in [1.807, 2.05) is 0 Å². The quantitative estimate of drug-likeness (QED) is 0.564. The molecule has 0 aliphatic carbocycles. The van der Waals surface area contributed by atoms with E-state index in [1.54, 1.807) is 30.9 Å². The number of nitrogens with zero attached hydrogens (tertiary/aromatic N) is 2. The molecule has 1 aromatic carbocycles. The van der Waals surface area contributed by atoms with Crippen molar-refractivity contribution in [3.05, 3.63) is 18.2 Å². The highest BCUT2D eigenvalue weighted by molar-refractivity contribution is 7.92. The molecular weight excluding hydrogens is 412 g/mol. The summed E-state index contributed by atoms with van der Waals surface area (Å²) in [6.45, 7) is 4.34. The van der Waals surface area contributed by atoms with Gasteiger partial charge in [0.1, 0.15) is 17.5 Å². The highest BCUT2D eigenvalue weighted by Crippen LogP contribution is 2.35. The van der Waals surface area contributed by atoms with Gasteiger partial charge in [0.15, 0.2) is 0 Å². The number of hydrogen-bond acceptors (Lipinski definition) is 7. The number of benzene rings is 1.